The largest absolute Gasteiger partial charge is 0.497 e. The summed E-state index contributed by atoms with van der Waals surface area (Å²) in [6, 6.07) is 8.07. The number of nitrogens with one attached hydrogen (secondary N) is 2. The van der Waals surface area contributed by atoms with Crippen molar-refractivity contribution in [1.29, 1.82) is 0 Å². The van der Waals surface area contributed by atoms with E-state index in [2.05, 4.69) is 20.8 Å². The van der Waals surface area contributed by atoms with Crippen LogP contribution in [-0.4, -0.2) is 47.0 Å². The first-order valence-corrected chi connectivity index (χ1v) is 10.3. The van der Waals surface area contributed by atoms with Crippen LogP contribution in [0.1, 0.15) is 43.8 Å². The number of benzene rings is 1. The lowest BCUT2D eigenvalue weighted by Crippen LogP contribution is -2.45. The highest BCUT2D eigenvalue weighted by molar-refractivity contribution is 5.80. The van der Waals surface area contributed by atoms with Crippen LogP contribution in [0.5, 0.6) is 11.5 Å². The highest BCUT2D eigenvalue weighted by Crippen LogP contribution is 2.18. The van der Waals surface area contributed by atoms with Gasteiger partial charge in [-0.3, -0.25) is 0 Å². The second-order valence-electron chi connectivity index (χ2n) is 7.32. The maximum Gasteiger partial charge on any atom is 0.192 e. The van der Waals surface area contributed by atoms with Crippen LogP contribution in [0.3, 0.4) is 0 Å². The fourth-order valence-corrected chi connectivity index (χ4v) is 3.34. The zero-order chi connectivity index (χ0) is 20.5. The number of aliphatic imine (C=N–C) groups is 1. The normalized spacial score (nSPS) is 15.2. The monoisotopic (exact) mass is 400 g/mol. The Hall–Kier alpha value is -2.77. The highest BCUT2D eigenvalue weighted by atomic mass is 16.5. The summed E-state index contributed by atoms with van der Waals surface area (Å²) in [5.41, 5.74) is 0. The molecule has 29 heavy (non-hydrogen) atoms. The van der Waals surface area contributed by atoms with E-state index in [-0.39, 0.29) is 0 Å². The van der Waals surface area contributed by atoms with Crippen molar-refractivity contribution in [3.8, 4) is 11.5 Å². The van der Waals surface area contributed by atoms with E-state index >= 15 is 0 Å². The minimum Gasteiger partial charge on any atom is -0.497 e. The maximum absolute atomic E-state index is 5.80. The number of aromatic nitrogens is 3. The summed E-state index contributed by atoms with van der Waals surface area (Å²) in [5.74, 6) is 4.18. The zero-order valence-electron chi connectivity index (χ0n) is 17.6. The van der Waals surface area contributed by atoms with Crippen molar-refractivity contribution in [1.82, 2.24) is 25.4 Å². The molecule has 1 aliphatic carbocycles. The third-order valence-corrected chi connectivity index (χ3v) is 5.23. The van der Waals surface area contributed by atoms with Crippen LogP contribution in [0.15, 0.2) is 29.3 Å². The van der Waals surface area contributed by atoms with Gasteiger partial charge < -0.3 is 24.7 Å². The SMILES string of the molecule is COc1ccc(OCCNC(=NCc2nnc(C)n2C)NC2CCCCC2)cc1. The summed E-state index contributed by atoms with van der Waals surface area (Å²) in [6.45, 7) is 3.62. The molecule has 0 radical (unpaired) electrons. The summed E-state index contributed by atoms with van der Waals surface area (Å²) in [4.78, 5) is 4.73. The molecule has 8 heteroatoms. The third-order valence-electron chi connectivity index (χ3n) is 5.23. The average molecular weight is 401 g/mol. The molecule has 0 atom stereocenters. The Labute approximate surface area is 172 Å². The minimum absolute atomic E-state index is 0.471. The Bertz CT molecular complexity index is 781. The summed E-state index contributed by atoms with van der Waals surface area (Å²) < 4.78 is 12.9. The van der Waals surface area contributed by atoms with E-state index in [0.29, 0.717) is 25.7 Å². The van der Waals surface area contributed by atoms with Gasteiger partial charge >= 0.3 is 0 Å². The molecule has 2 aromatic rings. The second-order valence-corrected chi connectivity index (χ2v) is 7.32. The molecular formula is C21H32N6O2. The van der Waals surface area contributed by atoms with Crippen LogP contribution >= 0.6 is 0 Å². The Morgan fingerprint density at radius 1 is 1.14 bits per heavy atom. The zero-order valence-corrected chi connectivity index (χ0v) is 17.6. The van der Waals surface area contributed by atoms with Crippen molar-refractivity contribution in [2.24, 2.45) is 12.0 Å². The third kappa shape index (κ3) is 6.37. The van der Waals surface area contributed by atoms with Gasteiger partial charge in [-0.1, -0.05) is 19.3 Å². The van der Waals surface area contributed by atoms with E-state index in [1.165, 1.54) is 32.1 Å². The van der Waals surface area contributed by atoms with Crippen LogP contribution in [0.25, 0.3) is 0 Å². The quantitative estimate of drug-likeness (QED) is 0.402. The van der Waals surface area contributed by atoms with Gasteiger partial charge in [0.1, 0.15) is 30.5 Å². The summed E-state index contributed by atoms with van der Waals surface area (Å²) in [6.07, 6.45) is 6.24. The molecule has 3 rings (SSSR count). The van der Waals surface area contributed by atoms with Crippen molar-refractivity contribution in [2.45, 2.75) is 51.6 Å². The topological polar surface area (TPSA) is 85.6 Å². The minimum atomic E-state index is 0.471. The lowest BCUT2D eigenvalue weighted by atomic mass is 9.96. The van der Waals surface area contributed by atoms with E-state index in [1.54, 1.807) is 7.11 Å². The molecule has 8 nitrogen and oxygen atoms in total. The van der Waals surface area contributed by atoms with E-state index in [4.69, 9.17) is 14.5 Å². The first-order valence-electron chi connectivity index (χ1n) is 10.3. The lowest BCUT2D eigenvalue weighted by Gasteiger charge is -2.25. The first-order chi connectivity index (χ1) is 14.2. The molecular weight excluding hydrogens is 368 g/mol. The Kier molecular flexibility index (Phi) is 7.72. The molecule has 0 bridgehead atoms. The average Bonchev–Trinajstić information content (AvgIpc) is 3.08. The van der Waals surface area contributed by atoms with Crippen molar-refractivity contribution in [3.63, 3.8) is 0 Å². The Balaban J connectivity index is 1.53. The van der Waals surface area contributed by atoms with E-state index in [0.717, 1.165) is 29.1 Å². The fourth-order valence-electron chi connectivity index (χ4n) is 3.34. The van der Waals surface area contributed by atoms with E-state index < -0.39 is 0 Å². The van der Waals surface area contributed by atoms with Crippen molar-refractivity contribution >= 4 is 5.96 Å². The molecule has 0 spiro atoms. The number of hydrogen-bond acceptors (Lipinski definition) is 5. The standard InChI is InChI=1S/C21H32N6O2/c1-16-25-26-20(27(16)2)15-23-21(24-17-7-5-4-6-8-17)22-13-14-29-19-11-9-18(28-3)10-12-19/h9-12,17H,4-8,13-15H2,1-3H3,(H2,22,23,24). The Morgan fingerprint density at radius 3 is 2.52 bits per heavy atom. The van der Waals surface area contributed by atoms with Crippen molar-refractivity contribution in [2.75, 3.05) is 20.3 Å². The molecule has 1 aliphatic rings. The second kappa shape index (κ2) is 10.7. The number of nitrogens with zero attached hydrogens (tertiary/aromatic N) is 4. The predicted octanol–water partition coefficient (Wildman–Crippen LogP) is 2.58. The first kappa shape index (κ1) is 21.0. The highest BCUT2D eigenvalue weighted by Gasteiger charge is 2.15. The van der Waals surface area contributed by atoms with Gasteiger partial charge in [0.25, 0.3) is 0 Å². The van der Waals surface area contributed by atoms with Crippen LogP contribution in [0.4, 0.5) is 0 Å². The number of aryl methyl sites for hydroxylation is 1. The number of hydrogen-bond donors (Lipinski definition) is 2. The predicted molar refractivity (Wildman–Crippen MR) is 113 cm³/mol. The van der Waals surface area contributed by atoms with Crippen LogP contribution in [0.2, 0.25) is 0 Å². The number of ether oxygens (including phenoxy) is 2. The molecule has 1 saturated carbocycles. The molecule has 1 aromatic heterocycles. The molecule has 1 aromatic carbocycles. The van der Waals surface area contributed by atoms with Gasteiger partial charge in [-0.05, 0) is 44.0 Å². The number of rotatable bonds is 8. The Morgan fingerprint density at radius 2 is 1.86 bits per heavy atom. The lowest BCUT2D eigenvalue weighted by molar-refractivity contribution is 0.320. The summed E-state index contributed by atoms with van der Waals surface area (Å²) >= 11 is 0. The van der Waals surface area contributed by atoms with Gasteiger partial charge in [0.2, 0.25) is 0 Å². The molecule has 158 valence electrons. The van der Waals surface area contributed by atoms with Crippen LogP contribution in [0, 0.1) is 6.92 Å². The van der Waals surface area contributed by atoms with Gasteiger partial charge in [-0.25, -0.2) is 4.99 Å². The van der Waals surface area contributed by atoms with E-state index in [9.17, 15) is 0 Å². The summed E-state index contributed by atoms with van der Waals surface area (Å²) in [5, 5.41) is 15.3. The molecule has 1 fully saturated rings. The number of methoxy groups -OCH3 is 1. The molecule has 0 amide bonds. The molecule has 0 saturated heterocycles. The van der Waals surface area contributed by atoms with Gasteiger partial charge in [-0.2, -0.15) is 0 Å². The van der Waals surface area contributed by atoms with Gasteiger partial charge in [0.05, 0.1) is 13.7 Å². The van der Waals surface area contributed by atoms with Gasteiger partial charge in [0, 0.05) is 13.1 Å². The van der Waals surface area contributed by atoms with Crippen molar-refractivity contribution < 1.29 is 9.47 Å². The van der Waals surface area contributed by atoms with Gasteiger partial charge in [0.15, 0.2) is 11.8 Å². The maximum atomic E-state index is 5.80. The van der Waals surface area contributed by atoms with Crippen molar-refractivity contribution in [3.05, 3.63) is 35.9 Å². The number of guanidine groups is 1. The van der Waals surface area contributed by atoms with E-state index in [1.807, 2.05) is 42.8 Å². The molecule has 1 heterocycles. The summed E-state index contributed by atoms with van der Waals surface area (Å²) in [7, 11) is 3.62. The smallest absolute Gasteiger partial charge is 0.192 e. The molecule has 2 N–H and O–H groups in total. The van der Waals surface area contributed by atoms with Crippen LogP contribution in [-0.2, 0) is 13.6 Å². The molecule has 0 unspecified atom stereocenters. The van der Waals surface area contributed by atoms with Gasteiger partial charge in [-0.15, -0.1) is 10.2 Å². The van der Waals surface area contributed by atoms with Crippen LogP contribution < -0.4 is 20.1 Å². The molecule has 0 aliphatic heterocycles. The fraction of sp³-hybridized carbons (Fsp3) is 0.571.